The van der Waals surface area contributed by atoms with Crippen LogP contribution in [0.5, 0.6) is 5.75 Å². The third-order valence-electron chi connectivity index (χ3n) is 5.54. The molecule has 32 heavy (non-hydrogen) atoms. The molecule has 2 aromatic carbocycles. The summed E-state index contributed by atoms with van der Waals surface area (Å²) < 4.78 is 34.4. The Bertz CT molecular complexity index is 1180. The van der Waals surface area contributed by atoms with Crippen molar-refractivity contribution in [2.45, 2.75) is 37.8 Å². The number of benzene rings is 2. The average Bonchev–Trinajstić information content (AvgIpc) is 3.19. The maximum atomic E-state index is 13.1. The lowest BCUT2D eigenvalue weighted by molar-refractivity contribution is 0.406. The van der Waals surface area contributed by atoms with Gasteiger partial charge in [0, 0.05) is 40.6 Å². The first-order valence-corrected chi connectivity index (χ1v) is 12.9. The van der Waals surface area contributed by atoms with E-state index in [4.69, 9.17) is 4.74 Å². The van der Waals surface area contributed by atoms with Gasteiger partial charge in [0.05, 0.1) is 17.7 Å². The zero-order valence-electron chi connectivity index (χ0n) is 18.8. The molecule has 1 fully saturated rings. The van der Waals surface area contributed by atoms with Crippen molar-refractivity contribution in [2.75, 3.05) is 29.8 Å². The minimum atomic E-state index is -3.77. The fourth-order valence-corrected chi connectivity index (χ4v) is 6.04. The molecular formula is C24H29N3O3S2. The van der Waals surface area contributed by atoms with Gasteiger partial charge in [-0.3, -0.25) is 4.72 Å². The molecule has 0 spiro atoms. The van der Waals surface area contributed by atoms with Crippen molar-refractivity contribution in [3.05, 3.63) is 59.5 Å². The molecule has 1 aliphatic rings. The van der Waals surface area contributed by atoms with Crippen molar-refractivity contribution >= 4 is 32.7 Å². The monoisotopic (exact) mass is 471 g/mol. The average molecular weight is 472 g/mol. The number of sulfonamides is 1. The zero-order chi connectivity index (χ0) is 22.9. The maximum absolute atomic E-state index is 13.1. The number of ether oxygens (including phenoxy) is 1. The lowest BCUT2D eigenvalue weighted by Gasteiger charge is -2.38. The molecule has 3 aromatic rings. The number of nitrogens with one attached hydrogen (secondary N) is 2. The lowest BCUT2D eigenvalue weighted by atomic mass is 10.1. The molecule has 0 radical (unpaired) electrons. The largest absolute Gasteiger partial charge is 0.495 e. The van der Waals surface area contributed by atoms with E-state index in [0.717, 1.165) is 29.2 Å². The fourth-order valence-electron chi connectivity index (χ4n) is 4.10. The van der Waals surface area contributed by atoms with E-state index in [1.807, 2.05) is 30.3 Å². The Kier molecular flexibility index (Phi) is 6.46. The predicted octanol–water partition coefficient (Wildman–Crippen LogP) is 4.72. The van der Waals surface area contributed by atoms with Gasteiger partial charge in [-0.05, 0) is 68.8 Å². The second-order valence-electron chi connectivity index (χ2n) is 8.30. The minimum Gasteiger partial charge on any atom is -0.495 e. The molecule has 2 atom stereocenters. The van der Waals surface area contributed by atoms with E-state index in [-0.39, 0.29) is 4.90 Å². The number of thiophene rings is 1. The smallest absolute Gasteiger partial charge is 0.262 e. The Morgan fingerprint density at radius 2 is 1.72 bits per heavy atom. The maximum Gasteiger partial charge on any atom is 0.262 e. The van der Waals surface area contributed by atoms with Crippen LogP contribution in [-0.4, -0.2) is 40.7 Å². The molecule has 2 unspecified atom stereocenters. The van der Waals surface area contributed by atoms with Gasteiger partial charge in [0.2, 0.25) is 0 Å². The number of aryl methyl sites for hydroxylation is 1. The quantitative estimate of drug-likeness (QED) is 0.544. The molecule has 1 aliphatic heterocycles. The molecule has 1 saturated heterocycles. The van der Waals surface area contributed by atoms with Crippen molar-refractivity contribution in [1.82, 2.24) is 5.32 Å². The second kappa shape index (κ2) is 9.13. The van der Waals surface area contributed by atoms with Gasteiger partial charge in [0.1, 0.15) is 5.75 Å². The van der Waals surface area contributed by atoms with Crippen molar-refractivity contribution in [1.29, 1.82) is 0 Å². The fraction of sp³-hybridized carbons (Fsp3) is 0.333. The highest BCUT2D eigenvalue weighted by Gasteiger charge is 2.23. The summed E-state index contributed by atoms with van der Waals surface area (Å²) >= 11 is 1.69. The van der Waals surface area contributed by atoms with Gasteiger partial charge in [-0.1, -0.05) is 12.1 Å². The molecule has 0 bridgehead atoms. The van der Waals surface area contributed by atoms with Crippen LogP contribution in [0.2, 0.25) is 0 Å². The number of piperazine rings is 1. The third-order valence-corrected chi connectivity index (χ3v) is 7.97. The molecule has 2 N–H and O–H groups in total. The molecule has 0 aliphatic carbocycles. The van der Waals surface area contributed by atoms with Gasteiger partial charge in [-0.25, -0.2) is 8.42 Å². The number of methoxy groups -OCH3 is 1. The van der Waals surface area contributed by atoms with Crippen LogP contribution in [-0.2, 0) is 10.0 Å². The zero-order valence-corrected chi connectivity index (χ0v) is 20.4. The molecule has 1 aromatic heterocycles. The van der Waals surface area contributed by atoms with Crippen molar-refractivity contribution in [2.24, 2.45) is 0 Å². The van der Waals surface area contributed by atoms with Gasteiger partial charge >= 0.3 is 0 Å². The highest BCUT2D eigenvalue weighted by atomic mass is 32.2. The van der Waals surface area contributed by atoms with Crippen LogP contribution in [0.3, 0.4) is 0 Å². The predicted molar refractivity (Wildman–Crippen MR) is 133 cm³/mol. The molecule has 0 amide bonds. The number of nitrogens with zero attached hydrogens (tertiary/aromatic N) is 1. The summed E-state index contributed by atoms with van der Waals surface area (Å²) in [7, 11) is -2.22. The molecule has 6 nitrogen and oxygen atoms in total. The summed E-state index contributed by atoms with van der Waals surface area (Å²) in [4.78, 5) is 4.82. The summed E-state index contributed by atoms with van der Waals surface area (Å²) in [5.41, 5.74) is 2.40. The van der Waals surface area contributed by atoms with E-state index in [1.165, 1.54) is 4.88 Å². The van der Waals surface area contributed by atoms with E-state index < -0.39 is 10.0 Å². The Balaban J connectivity index is 1.59. The van der Waals surface area contributed by atoms with E-state index in [9.17, 15) is 8.42 Å². The van der Waals surface area contributed by atoms with Crippen molar-refractivity contribution in [3.63, 3.8) is 0 Å². The highest BCUT2D eigenvalue weighted by Crippen LogP contribution is 2.33. The molecule has 8 heteroatoms. The normalized spacial score (nSPS) is 19.1. The van der Waals surface area contributed by atoms with E-state index in [0.29, 0.717) is 23.5 Å². The molecule has 4 rings (SSSR count). The van der Waals surface area contributed by atoms with Crippen LogP contribution in [0, 0.1) is 6.92 Å². The van der Waals surface area contributed by atoms with Crippen LogP contribution in [0.4, 0.5) is 11.4 Å². The van der Waals surface area contributed by atoms with Crippen LogP contribution in [0.25, 0.3) is 10.4 Å². The lowest BCUT2D eigenvalue weighted by Crippen LogP contribution is -2.54. The number of hydrogen-bond donors (Lipinski definition) is 2. The van der Waals surface area contributed by atoms with Crippen LogP contribution in [0.15, 0.2) is 59.5 Å². The third kappa shape index (κ3) is 4.92. The molecular weight excluding hydrogens is 442 g/mol. The summed E-state index contributed by atoms with van der Waals surface area (Å²) in [6.45, 7) is 8.06. The molecule has 0 saturated carbocycles. The van der Waals surface area contributed by atoms with Crippen LogP contribution < -0.4 is 19.7 Å². The number of anilines is 2. The summed E-state index contributed by atoms with van der Waals surface area (Å²) in [5, 5.41) is 3.52. The Hall–Kier alpha value is -2.55. The van der Waals surface area contributed by atoms with Gasteiger partial charge < -0.3 is 15.0 Å². The van der Waals surface area contributed by atoms with Gasteiger partial charge in [-0.2, -0.15) is 0 Å². The Morgan fingerprint density at radius 1 is 1.03 bits per heavy atom. The summed E-state index contributed by atoms with van der Waals surface area (Å²) in [6.07, 6.45) is 0. The van der Waals surface area contributed by atoms with Crippen molar-refractivity contribution < 1.29 is 13.2 Å². The first kappa shape index (κ1) is 22.6. The summed E-state index contributed by atoms with van der Waals surface area (Å²) in [6, 6.07) is 17.4. The standard InChI is InChI=1S/C24H29N3O3S2/c1-16-14-27(15-17(2)25-16)20-8-11-23(30-4)22(13-20)26-32(28,29)21-9-6-19(7-10-21)24-12-5-18(3)31-24/h5-13,16-17,25-26H,14-15H2,1-4H3. The van der Waals surface area contributed by atoms with Crippen LogP contribution in [0.1, 0.15) is 18.7 Å². The summed E-state index contributed by atoms with van der Waals surface area (Å²) in [5.74, 6) is 0.485. The van der Waals surface area contributed by atoms with Crippen molar-refractivity contribution in [3.8, 4) is 16.2 Å². The van der Waals surface area contributed by atoms with Gasteiger partial charge in [-0.15, -0.1) is 11.3 Å². The van der Waals surface area contributed by atoms with E-state index in [2.05, 4.69) is 47.8 Å². The highest BCUT2D eigenvalue weighted by molar-refractivity contribution is 7.92. The number of hydrogen-bond acceptors (Lipinski definition) is 6. The van der Waals surface area contributed by atoms with Crippen LogP contribution >= 0.6 is 11.3 Å². The first-order valence-electron chi connectivity index (χ1n) is 10.6. The molecule has 2 heterocycles. The van der Waals surface area contributed by atoms with E-state index in [1.54, 1.807) is 30.6 Å². The molecule has 170 valence electrons. The van der Waals surface area contributed by atoms with Gasteiger partial charge in [0.15, 0.2) is 0 Å². The minimum absolute atomic E-state index is 0.214. The second-order valence-corrected chi connectivity index (χ2v) is 11.3. The van der Waals surface area contributed by atoms with Gasteiger partial charge in [0.25, 0.3) is 10.0 Å². The topological polar surface area (TPSA) is 70.7 Å². The Labute approximate surface area is 194 Å². The first-order chi connectivity index (χ1) is 15.2. The van der Waals surface area contributed by atoms with E-state index >= 15 is 0 Å². The number of rotatable bonds is 6. The Morgan fingerprint density at radius 3 is 2.31 bits per heavy atom. The SMILES string of the molecule is COc1ccc(N2CC(C)NC(C)C2)cc1NS(=O)(=O)c1ccc(-c2ccc(C)s2)cc1.